The third kappa shape index (κ3) is 2.84. The van der Waals surface area contributed by atoms with E-state index < -0.39 is 17.7 Å². The Hall–Kier alpha value is -3.22. The highest BCUT2D eigenvalue weighted by Crippen LogP contribution is 2.32. The molecule has 0 spiro atoms. The van der Waals surface area contributed by atoms with Crippen LogP contribution in [0.4, 0.5) is 4.39 Å². The zero-order chi connectivity index (χ0) is 18.1. The molecule has 25 heavy (non-hydrogen) atoms. The monoisotopic (exact) mass is 342 g/mol. The van der Waals surface area contributed by atoms with Crippen LogP contribution in [0.3, 0.4) is 0 Å². The molecule has 2 aromatic heterocycles. The van der Waals surface area contributed by atoms with Crippen LogP contribution in [-0.2, 0) is 11.2 Å². The van der Waals surface area contributed by atoms with E-state index in [9.17, 15) is 19.1 Å². The van der Waals surface area contributed by atoms with Crippen LogP contribution in [0, 0.1) is 12.7 Å². The van der Waals surface area contributed by atoms with Crippen LogP contribution in [0.1, 0.15) is 21.7 Å². The number of benzene rings is 1. The highest BCUT2D eigenvalue weighted by molar-refractivity contribution is 6.04. The van der Waals surface area contributed by atoms with Crippen molar-refractivity contribution in [1.29, 1.82) is 0 Å². The lowest BCUT2D eigenvalue weighted by Crippen LogP contribution is -2.15. The summed E-state index contributed by atoms with van der Waals surface area (Å²) in [4.78, 5) is 28.1. The van der Waals surface area contributed by atoms with E-state index in [1.165, 1.54) is 30.0 Å². The van der Waals surface area contributed by atoms with Gasteiger partial charge in [-0.25, -0.2) is 4.39 Å². The first-order chi connectivity index (χ1) is 11.9. The Morgan fingerprint density at radius 2 is 2.08 bits per heavy atom. The predicted molar refractivity (Wildman–Crippen MR) is 88.5 cm³/mol. The Kier molecular flexibility index (Phi) is 4.22. The first-order valence-corrected chi connectivity index (χ1v) is 7.49. The second kappa shape index (κ2) is 6.35. The van der Waals surface area contributed by atoms with E-state index in [4.69, 9.17) is 4.74 Å². The van der Waals surface area contributed by atoms with Crippen molar-refractivity contribution in [1.82, 2.24) is 9.55 Å². The molecular formula is C18H15FN2O4. The van der Waals surface area contributed by atoms with Crippen molar-refractivity contribution in [2.45, 2.75) is 13.3 Å². The Balaban J connectivity index is 2.31. The summed E-state index contributed by atoms with van der Waals surface area (Å²) in [7, 11) is 1.32. The van der Waals surface area contributed by atoms with E-state index in [0.29, 0.717) is 16.6 Å². The second-order valence-corrected chi connectivity index (χ2v) is 5.49. The van der Waals surface area contributed by atoms with Gasteiger partial charge in [0.15, 0.2) is 11.6 Å². The Morgan fingerprint density at radius 3 is 2.68 bits per heavy atom. The summed E-state index contributed by atoms with van der Waals surface area (Å²) < 4.78 is 20.5. The third-order valence-corrected chi connectivity index (χ3v) is 4.02. The number of carbonyl (C=O) groups is 2. The van der Waals surface area contributed by atoms with Gasteiger partial charge < -0.3 is 9.84 Å². The molecule has 0 bridgehead atoms. The number of aromatic nitrogens is 2. The average Bonchev–Trinajstić information content (AvgIpc) is 2.85. The SMILES string of the molecule is COc1cc2c(CC(=O)O)c(C)n(C(=O)c3ccccn3)c2cc1F. The number of fused-ring (bicyclic) bond motifs is 1. The van der Waals surface area contributed by atoms with Crippen LogP contribution in [0.15, 0.2) is 36.5 Å². The number of methoxy groups -OCH3 is 1. The van der Waals surface area contributed by atoms with Crippen LogP contribution in [0.25, 0.3) is 10.9 Å². The largest absolute Gasteiger partial charge is 0.494 e. The average molecular weight is 342 g/mol. The Morgan fingerprint density at radius 1 is 1.32 bits per heavy atom. The highest BCUT2D eigenvalue weighted by Gasteiger charge is 2.23. The maximum Gasteiger partial charge on any atom is 0.307 e. The van der Waals surface area contributed by atoms with Crippen molar-refractivity contribution in [2.24, 2.45) is 0 Å². The summed E-state index contributed by atoms with van der Waals surface area (Å²) in [6, 6.07) is 7.48. The number of carbonyl (C=O) groups excluding carboxylic acids is 1. The number of pyridine rings is 1. The molecule has 2 heterocycles. The number of hydrogen-bond donors (Lipinski definition) is 1. The highest BCUT2D eigenvalue weighted by atomic mass is 19.1. The molecule has 0 atom stereocenters. The van der Waals surface area contributed by atoms with Gasteiger partial charge in [-0.3, -0.25) is 19.1 Å². The smallest absolute Gasteiger partial charge is 0.307 e. The zero-order valence-electron chi connectivity index (χ0n) is 13.6. The standard InChI is InChI=1S/C18H15FN2O4/c1-10-11(8-17(22)23)12-7-16(25-2)13(19)9-15(12)21(10)18(24)14-5-3-4-6-20-14/h3-7,9H,8H2,1-2H3,(H,22,23). The van der Waals surface area contributed by atoms with Crippen LogP contribution in [-0.4, -0.2) is 33.6 Å². The maximum absolute atomic E-state index is 14.2. The number of aliphatic carboxylic acids is 1. The van der Waals surface area contributed by atoms with Crippen LogP contribution in [0.2, 0.25) is 0 Å². The molecule has 3 aromatic rings. The van der Waals surface area contributed by atoms with Gasteiger partial charge in [-0.05, 0) is 30.7 Å². The lowest BCUT2D eigenvalue weighted by molar-refractivity contribution is -0.136. The van der Waals surface area contributed by atoms with E-state index >= 15 is 0 Å². The van der Waals surface area contributed by atoms with Gasteiger partial charge in [-0.15, -0.1) is 0 Å². The fourth-order valence-corrected chi connectivity index (χ4v) is 2.88. The molecule has 6 nitrogen and oxygen atoms in total. The van der Waals surface area contributed by atoms with Crippen LogP contribution in [0.5, 0.6) is 5.75 Å². The summed E-state index contributed by atoms with van der Waals surface area (Å²) >= 11 is 0. The van der Waals surface area contributed by atoms with Crippen molar-refractivity contribution in [3.8, 4) is 5.75 Å². The van der Waals surface area contributed by atoms with Gasteiger partial charge in [-0.1, -0.05) is 6.07 Å². The Bertz CT molecular complexity index is 980. The fourth-order valence-electron chi connectivity index (χ4n) is 2.88. The van der Waals surface area contributed by atoms with Gasteiger partial charge in [0.2, 0.25) is 0 Å². The molecule has 0 amide bonds. The molecule has 0 radical (unpaired) electrons. The lowest BCUT2D eigenvalue weighted by Gasteiger charge is -2.07. The summed E-state index contributed by atoms with van der Waals surface area (Å²) in [5.41, 5.74) is 1.33. The summed E-state index contributed by atoms with van der Waals surface area (Å²) in [6.45, 7) is 1.63. The summed E-state index contributed by atoms with van der Waals surface area (Å²) in [6.07, 6.45) is 1.19. The van der Waals surface area contributed by atoms with Gasteiger partial charge in [0, 0.05) is 23.3 Å². The van der Waals surface area contributed by atoms with Gasteiger partial charge in [0.1, 0.15) is 5.69 Å². The maximum atomic E-state index is 14.2. The molecule has 0 fully saturated rings. The van der Waals surface area contributed by atoms with Crippen LogP contribution < -0.4 is 4.74 Å². The number of halogens is 1. The normalized spacial score (nSPS) is 10.8. The second-order valence-electron chi connectivity index (χ2n) is 5.49. The molecule has 0 aliphatic carbocycles. The molecule has 1 aromatic carbocycles. The van der Waals surface area contributed by atoms with E-state index in [1.807, 2.05) is 0 Å². The van der Waals surface area contributed by atoms with Crippen molar-refractivity contribution >= 4 is 22.8 Å². The summed E-state index contributed by atoms with van der Waals surface area (Å²) in [5.74, 6) is -2.15. The number of carboxylic acids is 1. The summed E-state index contributed by atoms with van der Waals surface area (Å²) in [5, 5.41) is 9.65. The molecule has 0 aliphatic rings. The molecule has 3 rings (SSSR count). The topological polar surface area (TPSA) is 81.4 Å². The first kappa shape index (κ1) is 16.6. The minimum absolute atomic E-state index is 0.0124. The van der Waals surface area contributed by atoms with E-state index in [0.717, 1.165) is 0 Å². The van der Waals surface area contributed by atoms with Crippen molar-refractivity contribution in [3.63, 3.8) is 0 Å². The number of rotatable bonds is 4. The molecule has 1 N–H and O–H groups in total. The zero-order valence-corrected chi connectivity index (χ0v) is 13.6. The third-order valence-electron chi connectivity index (χ3n) is 4.02. The minimum atomic E-state index is -1.05. The molecule has 0 aliphatic heterocycles. The van der Waals surface area contributed by atoms with Gasteiger partial charge in [0.05, 0.1) is 19.0 Å². The molecule has 0 unspecified atom stereocenters. The number of hydrogen-bond acceptors (Lipinski definition) is 4. The van der Waals surface area contributed by atoms with Crippen molar-refractivity contribution < 1.29 is 23.8 Å². The quantitative estimate of drug-likeness (QED) is 0.788. The Labute approximate surface area is 142 Å². The van der Waals surface area contributed by atoms with Gasteiger partial charge >= 0.3 is 5.97 Å². The first-order valence-electron chi connectivity index (χ1n) is 7.49. The minimum Gasteiger partial charge on any atom is -0.494 e. The van der Waals surface area contributed by atoms with Gasteiger partial charge in [-0.2, -0.15) is 0 Å². The van der Waals surface area contributed by atoms with E-state index in [2.05, 4.69) is 4.98 Å². The molecule has 0 saturated carbocycles. The number of nitrogens with zero attached hydrogens (tertiary/aromatic N) is 2. The number of carboxylic acid groups (broad SMARTS) is 1. The molecule has 128 valence electrons. The molecule has 7 heteroatoms. The van der Waals surface area contributed by atoms with Crippen molar-refractivity contribution in [3.05, 3.63) is 59.3 Å². The lowest BCUT2D eigenvalue weighted by atomic mass is 10.1. The predicted octanol–water partition coefficient (Wildman–Crippen LogP) is 2.81. The number of ether oxygens (including phenoxy) is 1. The molecule has 0 saturated heterocycles. The van der Waals surface area contributed by atoms with E-state index in [-0.39, 0.29) is 23.4 Å². The van der Waals surface area contributed by atoms with E-state index in [1.54, 1.807) is 25.1 Å². The van der Waals surface area contributed by atoms with Gasteiger partial charge in [0.25, 0.3) is 5.91 Å². The fraction of sp³-hybridized carbons (Fsp3) is 0.167. The van der Waals surface area contributed by atoms with Crippen LogP contribution >= 0.6 is 0 Å². The van der Waals surface area contributed by atoms with Crippen molar-refractivity contribution in [2.75, 3.05) is 7.11 Å². The molecular weight excluding hydrogens is 327 g/mol.